The lowest BCUT2D eigenvalue weighted by Crippen LogP contribution is -2.44. The molecule has 2 heterocycles. The fourth-order valence-corrected chi connectivity index (χ4v) is 3.80. The molecule has 0 bridgehead atoms. The second kappa shape index (κ2) is 9.74. The van der Waals surface area contributed by atoms with Gasteiger partial charge in [0.15, 0.2) is 5.82 Å². The Labute approximate surface area is 185 Å². The zero-order valence-electron chi connectivity index (χ0n) is 18.7. The fourth-order valence-electron chi connectivity index (χ4n) is 3.23. The second-order valence-electron chi connectivity index (χ2n) is 8.58. The first-order valence-corrected chi connectivity index (χ1v) is 12.0. The lowest BCUT2D eigenvalue weighted by molar-refractivity contribution is 0.0636. The quantitative estimate of drug-likeness (QED) is 0.750. The number of hydrogen-bond donors (Lipinski definition) is 1. The van der Waals surface area contributed by atoms with Gasteiger partial charge in [-0.05, 0) is 52.0 Å². The van der Waals surface area contributed by atoms with Crippen LogP contribution in [0.4, 0.5) is 16.3 Å². The van der Waals surface area contributed by atoms with Gasteiger partial charge in [0, 0.05) is 40.9 Å². The molecule has 1 aliphatic rings. The van der Waals surface area contributed by atoms with Crippen LogP contribution < -0.4 is 10.2 Å². The van der Waals surface area contributed by atoms with E-state index in [1.165, 1.54) is 0 Å². The Kier molecular flexibility index (Phi) is 7.27. The Morgan fingerprint density at radius 3 is 2.61 bits per heavy atom. The highest BCUT2D eigenvalue weighted by Crippen LogP contribution is 2.25. The first-order valence-electron chi connectivity index (χ1n) is 10.2. The molecule has 0 radical (unpaired) electrons. The second-order valence-corrected chi connectivity index (χ2v) is 10.0. The molecule has 31 heavy (non-hydrogen) atoms. The van der Waals surface area contributed by atoms with Crippen LogP contribution >= 0.6 is 0 Å². The van der Waals surface area contributed by atoms with Gasteiger partial charge in [0.25, 0.3) is 0 Å². The molecule has 168 valence electrons. The van der Waals surface area contributed by atoms with Crippen molar-refractivity contribution in [3.8, 4) is 11.4 Å². The number of carbonyl (C=O) groups excluding carboxylic acids is 1. The summed E-state index contributed by atoms with van der Waals surface area (Å²) in [6.07, 6.45) is 1.16. The Morgan fingerprint density at radius 1 is 1.29 bits per heavy atom. The van der Waals surface area contributed by atoms with Crippen molar-refractivity contribution in [1.82, 2.24) is 9.97 Å². The average molecular weight is 447 g/mol. The number of amides is 1. The van der Waals surface area contributed by atoms with E-state index >= 15 is 0 Å². The van der Waals surface area contributed by atoms with E-state index in [4.69, 9.17) is 14.5 Å². The number of rotatable bonds is 5. The first kappa shape index (κ1) is 23.1. The summed E-state index contributed by atoms with van der Waals surface area (Å²) in [5.41, 5.74) is 1.59. The standard InChI is InChI=1S/C22H30N4O4S/c1-15-13-29-11-10-26(15)19-12-18(14-31(5)28)23-20(25-19)16-6-8-17(9-7-16)24-21(27)30-22(2,3)4/h6-9,12,15H,10-11,13-14H2,1-5H3,(H,24,27)/t15-,31?/m0/s1. The number of nitrogens with zero attached hydrogens (tertiary/aromatic N) is 3. The van der Waals surface area contributed by atoms with Crippen LogP contribution in [0.5, 0.6) is 0 Å². The molecule has 1 unspecified atom stereocenters. The molecule has 2 aromatic rings. The van der Waals surface area contributed by atoms with Gasteiger partial charge in [0.05, 0.1) is 30.7 Å². The fraction of sp³-hybridized carbons (Fsp3) is 0.500. The van der Waals surface area contributed by atoms with Crippen molar-refractivity contribution in [2.75, 3.05) is 36.2 Å². The van der Waals surface area contributed by atoms with E-state index in [0.29, 0.717) is 30.5 Å². The van der Waals surface area contributed by atoms with Crippen molar-refractivity contribution >= 4 is 28.4 Å². The van der Waals surface area contributed by atoms with Gasteiger partial charge in [-0.15, -0.1) is 0 Å². The van der Waals surface area contributed by atoms with Gasteiger partial charge in [0.2, 0.25) is 0 Å². The van der Waals surface area contributed by atoms with Crippen LogP contribution in [0.1, 0.15) is 33.4 Å². The zero-order valence-corrected chi connectivity index (χ0v) is 19.5. The van der Waals surface area contributed by atoms with Crippen LogP contribution in [-0.4, -0.2) is 57.9 Å². The van der Waals surface area contributed by atoms with E-state index in [2.05, 4.69) is 22.1 Å². The largest absolute Gasteiger partial charge is 0.444 e. The highest BCUT2D eigenvalue weighted by atomic mass is 32.2. The van der Waals surface area contributed by atoms with Crippen LogP contribution in [0.15, 0.2) is 30.3 Å². The summed E-state index contributed by atoms with van der Waals surface area (Å²) >= 11 is 0. The smallest absolute Gasteiger partial charge is 0.412 e. The number of nitrogens with one attached hydrogen (secondary N) is 1. The van der Waals surface area contributed by atoms with Gasteiger partial charge < -0.3 is 14.4 Å². The molecule has 1 amide bonds. The molecule has 1 saturated heterocycles. The third-order valence-electron chi connectivity index (χ3n) is 4.57. The van der Waals surface area contributed by atoms with Gasteiger partial charge in [-0.1, -0.05) is 0 Å². The summed E-state index contributed by atoms with van der Waals surface area (Å²) in [5.74, 6) is 1.72. The minimum absolute atomic E-state index is 0.192. The molecule has 2 atom stereocenters. The molecule has 1 N–H and O–H groups in total. The molecule has 1 aromatic heterocycles. The molecule has 1 aromatic carbocycles. The van der Waals surface area contributed by atoms with E-state index in [-0.39, 0.29) is 6.04 Å². The third kappa shape index (κ3) is 6.73. The summed E-state index contributed by atoms with van der Waals surface area (Å²) in [4.78, 5) is 23.6. The van der Waals surface area contributed by atoms with Crippen LogP contribution in [0.2, 0.25) is 0 Å². The first-order chi connectivity index (χ1) is 14.6. The SMILES string of the molecule is C[C@H]1COCCN1c1cc(CS(C)=O)nc(-c2ccc(NC(=O)OC(C)(C)C)cc2)n1. The number of aromatic nitrogens is 2. The van der Waals surface area contributed by atoms with Crippen molar-refractivity contribution in [1.29, 1.82) is 0 Å². The van der Waals surface area contributed by atoms with Gasteiger partial charge in [-0.2, -0.15) is 0 Å². The van der Waals surface area contributed by atoms with Crippen molar-refractivity contribution in [3.05, 3.63) is 36.0 Å². The maximum absolute atomic E-state index is 12.0. The Bertz CT molecular complexity index is 944. The molecular formula is C22H30N4O4S. The molecule has 1 fully saturated rings. The average Bonchev–Trinajstić information content (AvgIpc) is 2.66. The number of benzene rings is 1. The number of ether oxygens (including phenoxy) is 2. The van der Waals surface area contributed by atoms with Gasteiger partial charge in [-0.3, -0.25) is 9.53 Å². The maximum Gasteiger partial charge on any atom is 0.412 e. The molecule has 0 spiro atoms. The topological polar surface area (TPSA) is 93.7 Å². The monoisotopic (exact) mass is 446 g/mol. The number of carbonyl (C=O) groups is 1. The number of hydrogen-bond acceptors (Lipinski definition) is 7. The van der Waals surface area contributed by atoms with Gasteiger partial charge >= 0.3 is 6.09 Å². The minimum Gasteiger partial charge on any atom is -0.444 e. The molecule has 0 saturated carbocycles. The van der Waals surface area contributed by atoms with E-state index in [9.17, 15) is 9.00 Å². The molecule has 8 nitrogen and oxygen atoms in total. The van der Waals surface area contributed by atoms with Crippen LogP contribution in [0.3, 0.4) is 0 Å². The number of anilines is 2. The molecule has 1 aliphatic heterocycles. The van der Waals surface area contributed by atoms with E-state index < -0.39 is 22.5 Å². The third-order valence-corrected chi connectivity index (χ3v) is 5.27. The minimum atomic E-state index is -1.02. The van der Waals surface area contributed by atoms with E-state index in [1.54, 1.807) is 18.4 Å². The summed E-state index contributed by atoms with van der Waals surface area (Å²) in [5, 5.41) is 2.72. The molecule has 9 heteroatoms. The van der Waals surface area contributed by atoms with Crippen molar-refractivity contribution in [3.63, 3.8) is 0 Å². The summed E-state index contributed by atoms with van der Waals surface area (Å²) in [6.45, 7) is 9.56. The molecular weight excluding hydrogens is 416 g/mol. The highest BCUT2D eigenvalue weighted by Gasteiger charge is 2.22. The van der Waals surface area contributed by atoms with Gasteiger partial charge in [-0.25, -0.2) is 14.8 Å². The Morgan fingerprint density at radius 2 is 2.00 bits per heavy atom. The summed E-state index contributed by atoms with van der Waals surface area (Å²) in [6, 6.07) is 9.36. The molecule has 3 rings (SSSR count). The number of morpholine rings is 1. The Hall–Kier alpha value is -2.52. The van der Waals surface area contributed by atoms with Crippen LogP contribution in [-0.2, 0) is 26.0 Å². The molecule has 0 aliphatic carbocycles. The van der Waals surface area contributed by atoms with E-state index in [1.807, 2.05) is 39.0 Å². The zero-order chi connectivity index (χ0) is 22.6. The highest BCUT2D eigenvalue weighted by molar-refractivity contribution is 7.83. The predicted octanol–water partition coefficient (Wildman–Crippen LogP) is 3.59. The summed E-state index contributed by atoms with van der Waals surface area (Å²) in [7, 11) is -1.02. The van der Waals surface area contributed by atoms with Crippen molar-refractivity contribution < 1.29 is 18.5 Å². The predicted molar refractivity (Wildman–Crippen MR) is 123 cm³/mol. The van der Waals surface area contributed by atoms with Crippen molar-refractivity contribution in [2.45, 2.75) is 45.1 Å². The normalized spacial score (nSPS) is 17.8. The van der Waals surface area contributed by atoms with Crippen LogP contribution in [0, 0.1) is 0 Å². The maximum atomic E-state index is 12.0. The Balaban J connectivity index is 1.86. The van der Waals surface area contributed by atoms with E-state index in [0.717, 1.165) is 23.6 Å². The lowest BCUT2D eigenvalue weighted by atomic mass is 10.2. The van der Waals surface area contributed by atoms with Crippen LogP contribution in [0.25, 0.3) is 11.4 Å². The lowest BCUT2D eigenvalue weighted by Gasteiger charge is -2.34. The summed E-state index contributed by atoms with van der Waals surface area (Å²) < 4.78 is 22.6. The van der Waals surface area contributed by atoms with Gasteiger partial charge in [0.1, 0.15) is 11.4 Å². The van der Waals surface area contributed by atoms with Crippen molar-refractivity contribution in [2.24, 2.45) is 0 Å².